The molecule has 0 atom stereocenters. The average Bonchev–Trinajstić information content (AvgIpc) is 2.54. The summed E-state index contributed by atoms with van der Waals surface area (Å²) in [4.78, 5) is 8.76. The van der Waals surface area contributed by atoms with Gasteiger partial charge in [-0.25, -0.2) is 4.98 Å². The first-order valence-electron chi connectivity index (χ1n) is 7.82. The number of ether oxygens (including phenoxy) is 1. The van der Waals surface area contributed by atoms with Crippen LogP contribution in [0.3, 0.4) is 0 Å². The van der Waals surface area contributed by atoms with Crippen LogP contribution in [0.1, 0.15) is 11.1 Å². The zero-order valence-corrected chi connectivity index (χ0v) is 15.1. The van der Waals surface area contributed by atoms with E-state index in [-0.39, 0.29) is 0 Å². The van der Waals surface area contributed by atoms with E-state index in [1.54, 1.807) is 31.5 Å². The molecule has 1 aromatic heterocycles. The lowest BCUT2D eigenvalue weighted by Crippen LogP contribution is -2.01. The molecule has 6 heteroatoms. The summed E-state index contributed by atoms with van der Waals surface area (Å²) in [5.41, 5.74) is 4.15. The normalized spacial score (nSPS) is 10.4. The molecule has 25 heavy (non-hydrogen) atoms. The summed E-state index contributed by atoms with van der Waals surface area (Å²) in [6, 6.07) is 13.5. The summed E-state index contributed by atoms with van der Waals surface area (Å²) in [7, 11) is 1.59. The predicted octanol–water partition coefficient (Wildman–Crippen LogP) is 5.24. The van der Waals surface area contributed by atoms with Crippen molar-refractivity contribution in [1.29, 1.82) is 0 Å². The van der Waals surface area contributed by atoms with E-state index in [2.05, 4.69) is 52.6 Å². The van der Waals surface area contributed by atoms with E-state index in [1.165, 1.54) is 11.1 Å². The molecule has 0 bridgehead atoms. The fourth-order valence-corrected chi connectivity index (χ4v) is 2.81. The van der Waals surface area contributed by atoms with Crippen LogP contribution in [0.25, 0.3) is 0 Å². The Morgan fingerprint density at radius 2 is 1.68 bits per heavy atom. The molecule has 0 unspecified atom stereocenters. The van der Waals surface area contributed by atoms with E-state index in [0.717, 1.165) is 11.4 Å². The third-order valence-electron chi connectivity index (χ3n) is 3.56. The molecule has 0 aliphatic carbocycles. The van der Waals surface area contributed by atoms with Crippen molar-refractivity contribution in [2.24, 2.45) is 0 Å². The van der Waals surface area contributed by atoms with Crippen molar-refractivity contribution >= 4 is 34.7 Å². The number of hydrogen-bond donors (Lipinski definition) is 2. The molecule has 3 rings (SSSR count). The number of benzene rings is 2. The summed E-state index contributed by atoms with van der Waals surface area (Å²) in [5, 5.41) is 6.98. The molecule has 0 spiro atoms. The van der Waals surface area contributed by atoms with Gasteiger partial charge in [0.05, 0.1) is 12.1 Å². The summed E-state index contributed by atoms with van der Waals surface area (Å²) in [5.74, 6) is 1.82. The molecule has 2 N–H and O–H groups in total. The highest BCUT2D eigenvalue weighted by molar-refractivity contribution is 6.32. The number of rotatable bonds is 5. The second kappa shape index (κ2) is 7.40. The Morgan fingerprint density at radius 1 is 0.920 bits per heavy atom. The van der Waals surface area contributed by atoms with Crippen LogP contribution in [-0.4, -0.2) is 17.1 Å². The van der Waals surface area contributed by atoms with Crippen molar-refractivity contribution in [2.75, 3.05) is 17.7 Å². The van der Waals surface area contributed by atoms with Crippen molar-refractivity contribution < 1.29 is 4.74 Å². The topological polar surface area (TPSA) is 59.1 Å². The molecule has 0 aliphatic heterocycles. The van der Waals surface area contributed by atoms with Crippen molar-refractivity contribution in [1.82, 2.24) is 9.97 Å². The Balaban J connectivity index is 1.78. The SMILES string of the molecule is COc1ccc(Nc2ccnc(Nc3cc(C)cc(C)c3)n2)cc1Cl. The second-order valence-corrected chi connectivity index (χ2v) is 6.15. The van der Waals surface area contributed by atoms with Crippen LogP contribution in [0, 0.1) is 13.8 Å². The Bertz CT molecular complexity index is 878. The van der Waals surface area contributed by atoms with Crippen LogP contribution in [0.15, 0.2) is 48.7 Å². The van der Waals surface area contributed by atoms with Crippen LogP contribution < -0.4 is 15.4 Å². The maximum absolute atomic E-state index is 6.15. The van der Waals surface area contributed by atoms with Gasteiger partial charge in [-0.2, -0.15) is 4.98 Å². The van der Waals surface area contributed by atoms with Gasteiger partial charge < -0.3 is 15.4 Å². The highest BCUT2D eigenvalue weighted by Crippen LogP contribution is 2.28. The zero-order valence-electron chi connectivity index (χ0n) is 14.3. The predicted molar refractivity (Wildman–Crippen MR) is 103 cm³/mol. The van der Waals surface area contributed by atoms with E-state index in [4.69, 9.17) is 16.3 Å². The molecular formula is C19H19ClN4O. The first-order chi connectivity index (χ1) is 12.0. The van der Waals surface area contributed by atoms with Crippen molar-refractivity contribution in [3.63, 3.8) is 0 Å². The molecule has 0 saturated heterocycles. The van der Waals surface area contributed by atoms with Gasteiger partial charge in [0.1, 0.15) is 11.6 Å². The zero-order chi connectivity index (χ0) is 17.8. The third-order valence-corrected chi connectivity index (χ3v) is 3.85. The van der Waals surface area contributed by atoms with Crippen LogP contribution >= 0.6 is 11.6 Å². The number of nitrogens with zero attached hydrogens (tertiary/aromatic N) is 2. The Morgan fingerprint density at radius 3 is 2.36 bits per heavy atom. The van der Waals surface area contributed by atoms with Gasteiger partial charge in [-0.1, -0.05) is 17.7 Å². The summed E-state index contributed by atoms with van der Waals surface area (Å²) in [6.45, 7) is 4.12. The van der Waals surface area contributed by atoms with Crippen molar-refractivity contribution in [3.8, 4) is 5.75 Å². The minimum absolute atomic E-state index is 0.523. The van der Waals surface area contributed by atoms with Gasteiger partial charge >= 0.3 is 0 Å². The van der Waals surface area contributed by atoms with Crippen LogP contribution in [0.2, 0.25) is 5.02 Å². The maximum Gasteiger partial charge on any atom is 0.229 e. The summed E-state index contributed by atoms with van der Waals surface area (Å²) < 4.78 is 5.16. The fraction of sp³-hybridized carbons (Fsp3) is 0.158. The molecule has 2 aromatic carbocycles. The standard InChI is InChI=1S/C19H19ClN4O/c1-12-8-13(2)10-15(9-12)23-19-21-7-6-18(24-19)22-14-4-5-17(25-3)16(20)11-14/h4-11H,1-3H3,(H2,21,22,23,24). The molecule has 0 radical (unpaired) electrons. The van der Waals surface area contributed by atoms with E-state index >= 15 is 0 Å². The lowest BCUT2D eigenvalue weighted by molar-refractivity contribution is 0.415. The minimum atomic E-state index is 0.523. The third kappa shape index (κ3) is 4.39. The lowest BCUT2D eigenvalue weighted by atomic mass is 10.1. The van der Waals surface area contributed by atoms with Crippen molar-refractivity contribution in [3.05, 3.63) is 64.8 Å². The molecule has 128 valence electrons. The monoisotopic (exact) mass is 354 g/mol. The Hall–Kier alpha value is -2.79. The van der Waals surface area contributed by atoms with E-state index in [0.29, 0.717) is 22.5 Å². The number of anilines is 4. The van der Waals surface area contributed by atoms with Crippen LogP contribution in [-0.2, 0) is 0 Å². The van der Waals surface area contributed by atoms with Gasteiger partial charge in [0.2, 0.25) is 5.95 Å². The van der Waals surface area contributed by atoms with Gasteiger partial charge in [-0.3, -0.25) is 0 Å². The molecule has 5 nitrogen and oxygen atoms in total. The van der Waals surface area contributed by atoms with E-state index in [9.17, 15) is 0 Å². The van der Waals surface area contributed by atoms with E-state index in [1.807, 2.05) is 6.07 Å². The number of methoxy groups -OCH3 is 1. The fourth-order valence-electron chi connectivity index (χ4n) is 2.56. The molecular weight excluding hydrogens is 336 g/mol. The van der Waals surface area contributed by atoms with Crippen LogP contribution in [0.4, 0.5) is 23.1 Å². The van der Waals surface area contributed by atoms with Gasteiger partial charge in [0.25, 0.3) is 0 Å². The largest absolute Gasteiger partial charge is 0.495 e. The Kier molecular flexibility index (Phi) is 5.05. The lowest BCUT2D eigenvalue weighted by Gasteiger charge is -2.10. The Labute approximate surface area is 152 Å². The number of halogens is 1. The smallest absolute Gasteiger partial charge is 0.229 e. The van der Waals surface area contributed by atoms with Gasteiger partial charge in [-0.15, -0.1) is 0 Å². The number of hydrogen-bond acceptors (Lipinski definition) is 5. The summed E-state index contributed by atoms with van der Waals surface area (Å²) >= 11 is 6.15. The molecule has 0 amide bonds. The maximum atomic E-state index is 6.15. The number of nitrogens with one attached hydrogen (secondary N) is 2. The van der Waals surface area contributed by atoms with Gasteiger partial charge in [0.15, 0.2) is 0 Å². The first kappa shape index (κ1) is 17.0. The quantitative estimate of drug-likeness (QED) is 0.656. The summed E-state index contributed by atoms with van der Waals surface area (Å²) in [6.07, 6.45) is 1.70. The van der Waals surface area contributed by atoms with Crippen molar-refractivity contribution in [2.45, 2.75) is 13.8 Å². The van der Waals surface area contributed by atoms with E-state index < -0.39 is 0 Å². The van der Waals surface area contributed by atoms with Gasteiger partial charge in [0, 0.05) is 17.6 Å². The average molecular weight is 355 g/mol. The second-order valence-electron chi connectivity index (χ2n) is 5.74. The van der Waals surface area contributed by atoms with Gasteiger partial charge in [-0.05, 0) is 61.4 Å². The molecule has 3 aromatic rings. The molecule has 0 fully saturated rings. The minimum Gasteiger partial charge on any atom is -0.495 e. The molecule has 0 saturated carbocycles. The first-order valence-corrected chi connectivity index (χ1v) is 8.20. The number of aryl methyl sites for hydroxylation is 2. The highest BCUT2D eigenvalue weighted by atomic mass is 35.5. The highest BCUT2D eigenvalue weighted by Gasteiger charge is 2.05. The van der Waals surface area contributed by atoms with Crippen LogP contribution in [0.5, 0.6) is 5.75 Å². The molecule has 1 heterocycles. The number of aromatic nitrogens is 2. The molecule has 0 aliphatic rings.